The second-order valence-electron chi connectivity index (χ2n) is 6.28. The number of amides is 1. The van der Waals surface area contributed by atoms with Gasteiger partial charge >= 0.3 is 0 Å². The zero-order valence-electron chi connectivity index (χ0n) is 15.2. The average molecular weight is 444 g/mol. The van der Waals surface area contributed by atoms with E-state index in [0.717, 1.165) is 11.3 Å². The highest BCUT2D eigenvalue weighted by Gasteiger charge is 2.39. The minimum atomic E-state index is -3.70. The summed E-state index contributed by atoms with van der Waals surface area (Å²) in [6, 6.07) is 8.65. The minimum absolute atomic E-state index is 0.101. The molecule has 28 heavy (non-hydrogen) atoms. The molecule has 1 aliphatic heterocycles. The molecule has 3 rings (SSSR count). The van der Waals surface area contributed by atoms with E-state index >= 15 is 0 Å². The zero-order chi connectivity index (χ0) is 20.4. The first-order chi connectivity index (χ1) is 13.3. The smallest absolute Gasteiger partial charge is 0.253 e. The third kappa shape index (κ3) is 4.28. The lowest BCUT2D eigenvalue weighted by molar-refractivity contribution is -0.124. The fraction of sp³-hybridized carbons (Fsp3) is 0.353. The van der Waals surface area contributed by atoms with E-state index in [2.05, 4.69) is 10.0 Å². The molecule has 2 aromatic rings. The van der Waals surface area contributed by atoms with Crippen LogP contribution in [0.15, 0.2) is 50.9 Å². The Kier molecular flexibility index (Phi) is 6.20. The van der Waals surface area contributed by atoms with Crippen molar-refractivity contribution in [2.24, 2.45) is 0 Å². The molecule has 152 valence electrons. The maximum atomic E-state index is 12.8. The molecule has 0 saturated carbocycles. The van der Waals surface area contributed by atoms with Gasteiger partial charge in [-0.2, -0.15) is 4.31 Å². The highest BCUT2D eigenvalue weighted by atomic mass is 32.2. The predicted octanol–water partition coefficient (Wildman–Crippen LogP) is 1.13. The quantitative estimate of drug-likeness (QED) is 0.666. The summed E-state index contributed by atoms with van der Waals surface area (Å²) in [5.74, 6) is -0.389. The van der Waals surface area contributed by atoms with Crippen LogP contribution in [0.25, 0.3) is 0 Å². The van der Waals surface area contributed by atoms with Gasteiger partial charge in [0.1, 0.15) is 10.3 Å². The highest BCUT2D eigenvalue weighted by molar-refractivity contribution is 7.91. The number of nitrogens with zero attached hydrogens (tertiary/aromatic N) is 1. The molecule has 1 fully saturated rings. The summed E-state index contributed by atoms with van der Waals surface area (Å²) in [5, 5.41) is 4.41. The fourth-order valence-electron chi connectivity index (χ4n) is 3.06. The van der Waals surface area contributed by atoms with Crippen molar-refractivity contribution in [3.8, 4) is 0 Å². The molecule has 1 aromatic heterocycles. The lowest BCUT2D eigenvalue weighted by atomic mass is 10.2. The van der Waals surface area contributed by atoms with Gasteiger partial charge in [-0.25, -0.2) is 21.6 Å². The minimum Gasteiger partial charge on any atom is -0.351 e. The Bertz CT molecular complexity index is 1050. The van der Waals surface area contributed by atoms with Gasteiger partial charge in [-0.15, -0.1) is 11.3 Å². The van der Waals surface area contributed by atoms with Crippen LogP contribution >= 0.6 is 11.3 Å². The third-order valence-electron chi connectivity index (χ3n) is 4.51. The van der Waals surface area contributed by atoms with Gasteiger partial charge < -0.3 is 5.32 Å². The number of rotatable bonds is 7. The van der Waals surface area contributed by atoms with E-state index in [9.17, 15) is 21.6 Å². The summed E-state index contributed by atoms with van der Waals surface area (Å²) in [5.41, 5.74) is 0.607. The van der Waals surface area contributed by atoms with Crippen LogP contribution in [0.1, 0.15) is 18.4 Å². The Morgan fingerprint density at radius 1 is 1.21 bits per heavy atom. The lowest BCUT2D eigenvalue weighted by Crippen LogP contribution is -2.45. The molecule has 0 bridgehead atoms. The topological polar surface area (TPSA) is 113 Å². The molecular formula is C17H21N3O5S3. The molecule has 1 atom stereocenters. The van der Waals surface area contributed by atoms with Crippen LogP contribution in [0.2, 0.25) is 0 Å². The molecule has 2 heterocycles. The van der Waals surface area contributed by atoms with Crippen molar-refractivity contribution < 1.29 is 21.6 Å². The van der Waals surface area contributed by atoms with Crippen LogP contribution in [0.3, 0.4) is 0 Å². The summed E-state index contributed by atoms with van der Waals surface area (Å²) >= 11 is 1.12. The van der Waals surface area contributed by atoms with Crippen molar-refractivity contribution >= 4 is 37.3 Å². The van der Waals surface area contributed by atoms with E-state index in [4.69, 9.17) is 0 Å². The van der Waals surface area contributed by atoms with Gasteiger partial charge in [0.15, 0.2) is 0 Å². The Morgan fingerprint density at radius 2 is 2.00 bits per heavy atom. The van der Waals surface area contributed by atoms with E-state index in [1.807, 2.05) is 0 Å². The highest BCUT2D eigenvalue weighted by Crippen LogP contribution is 2.28. The average Bonchev–Trinajstić information content (AvgIpc) is 3.38. The van der Waals surface area contributed by atoms with E-state index in [0.29, 0.717) is 24.9 Å². The maximum absolute atomic E-state index is 12.8. The van der Waals surface area contributed by atoms with Crippen molar-refractivity contribution in [2.45, 2.75) is 34.5 Å². The molecule has 0 radical (unpaired) electrons. The maximum Gasteiger partial charge on any atom is 0.253 e. The summed E-state index contributed by atoms with van der Waals surface area (Å²) in [7, 11) is -5.95. The Morgan fingerprint density at radius 3 is 2.68 bits per heavy atom. The van der Waals surface area contributed by atoms with Crippen LogP contribution in [0.4, 0.5) is 0 Å². The zero-order valence-corrected chi connectivity index (χ0v) is 17.6. The summed E-state index contributed by atoms with van der Waals surface area (Å²) in [4.78, 5) is 12.7. The number of benzene rings is 1. The van der Waals surface area contributed by atoms with Crippen LogP contribution in [0.5, 0.6) is 0 Å². The lowest BCUT2D eigenvalue weighted by Gasteiger charge is -2.22. The number of carbonyl (C=O) groups excluding carboxylic acids is 1. The fourth-order valence-corrected chi connectivity index (χ4v) is 6.64. The first-order valence-electron chi connectivity index (χ1n) is 8.61. The number of nitrogens with one attached hydrogen (secondary N) is 2. The van der Waals surface area contributed by atoms with E-state index < -0.39 is 26.1 Å². The van der Waals surface area contributed by atoms with E-state index in [-0.39, 0.29) is 21.6 Å². The van der Waals surface area contributed by atoms with Gasteiger partial charge in [-0.3, -0.25) is 4.79 Å². The van der Waals surface area contributed by atoms with E-state index in [1.165, 1.54) is 29.6 Å². The number of sulfonamides is 2. The summed E-state index contributed by atoms with van der Waals surface area (Å²) < 4.78 is 53.0. The molecule has 0 aliphatic carbocycles. The molecule has 0 spiro atoms. The molecule has 11 heteroatoms. The van der Waals surface area contributed by atoms with Crippen molar-refractivity contribution in [2.75, 3.05) is 13.6 Å². The summed E-state index contributed by atoms with van der Waals surface area (Å²) in [6.45, 7) is 0.406. The Hall–Kier alpha value is -1.79. The van der Waals surface area contributed by atoms with E-state index in [1.54, 1.807) is 23.6 Å². The molecule has 1 amide bonds. The largest absolute Gasteiger partial charge is 0.351 e. The monoisotopic (exact) mass is 443 g/mol. The number of thiophene rings is 1. The first-order valence-corrected chi connectivity index (χ1v) is 12.4. The Balaban J connectivity index is 1.71. The van der Waals surface area contributed by atoms with Gasteiger partial charge in [-0.1, -0.05) is 18.2 Å². The van der Waals surface area contributed by atoms with Gasteiger partial charge in [0.2, 0.25) is 15.9 Å². The first kappa shape index (κ1) is 20.9. The van der Waals surface area contributed by atoms with Gasteiger partial charge in [0, 0.05) is 13.1 Å². The third-order valence-corrected chi connectivity index (χ3v) is 9.20. The molecule has 2 N–H and O–H groups in total. The van der Waals surface area contributed by atoms with Gasteiger partial charge in [-0.05, 0) is 49.0 Å². The SMILES string of the molecule is CNS(=O)(=O)c1cccc(CNC(=O)C2CCCN2S(=O)(=O)c2cccs2)c1. The Labute approximate surface area is 168 Å². The van der Waals surface area contributed by atoms with Crippen LogP contribution in [-0.4, -0.2) is 46.7 Å². The van der Waals surface area contributed by atoms with Crippen molar-refractivity contribution in [1.29, 1.82) is 0 Å². The molecule has 1 saturated heterocycles. The number of hydrogen-bond donors (Lipinski definition) is 2. The van der Waals surface area contributed by atoms with Crippen LogP contribution in [0, 0.1) is 0 Å². The molecule has 1 unspecified atom stereocenters. The van der Waals surface area contributed by atoms with Gasteiger partial charge in [0.05, 0.1) is 4.90 Å². The van der Waals surface area contributed by atoms with Crippen molar-refractivity contribution in [3.63, 3.8) is 0 Å². The van der Waals surface area contributed by atoms with Gasteiger partial charge in [0.25, 0.3) is 10.0 Å². The molecular weight excluding hydrogens is 422 g/mol. The second-order valence-corrected chi connectivity index (χ2v) is 11.2. The van der Waals surface area contributed by atoms with Crippen LogP contribution < -0.4 is 10.0 Å². The standard InChI is InChI=1S/C17H21N3O5S3/c1-18-27(22,23)14-6-2-5-13(11-14)12-19-17(21)15-7-3-9-20(15)28(24,25)16-8-4-10-26-16/h2,4-6,8,10-11,15,18H,3,7,9,12H2,1H3,(H,19,21). The second kappa shape index (κ2) is 8.29. The summed E-state index contributed by atoms with van der Waals surface area (Å²) in [6.07, 6.45) is 1.06. The van der Waals surface area contributed by atoms with Crippen molar-refractivity contribution in [3.05, 3.63) is 47.3 Å². The van der Waals surface area contributed by atoms with Crippen molar-refractivity contribution in [1.82, 2.24) is 14.3 Å². The number of hydrogen-bond acceptors (Lipinski definition) is 6. The molecule has 8 nitrogen and oxygen atoms in total. The molecule has 1 aromatic carbocycles. The predicted molar refractivity (Wildman–Crippen MR) is 106 cm³/mol. The normalized spacial score (nSPS) is 18.2. The number of carbonyl (C=O) groups is 1. The van der Waals surface area contributed by atoms with Crippen LogP contribution in [-0.2, 0) is 31.4 Å². The molecule has 1 aliphatic rings.